The van der Waals surface area contributed by atoms with Gasteiger partial charge in [-0.25, -0.2) is 8.42 Å². The van der Waals surface area contributed by atoms with Crippen molar-refractivity contribution in [1.82, 2.24) is 4.90 Å². The molecule has 1 amide bonds. The molecule has 8 nitrogen and oxygen atoms in total. The summed E-state index contributed by atoms with van der Waals surface area (Å²) < 4.78 is 68.5. The van der Waals surface area contributed by atoms with Crippen molar-refractivity contribution in [2.45, 2.75) is 35.9 Å². The number of halogens is 4. The van der Waals surface area contributed by atoms with Crippen LogP contribution in [0.1, 0.15) is 28.8 Å². The molecule has 13 heteroatoms. The number of alkyl halides is 3. The number of phenolic OH excluding ortho intramolecular Hbond substituents is 2. The number of phenols is 2. The number of aliphatic hydroxyl groups excluding tert-OH is 1. The second kappa shape index (κ2) is 9.39. The average Bonchev–Trinajstić information content (AvgIpc) is 3.19. The molecule has 0 bridgehead atoms. The van der Waals surface area contributed by atoms with E-state index in [0.29, 0.717) is 29.4 Å². The fourth-order valence-corrected chi connectivity index (χ4v) is 5.59. The van der Waals surface area contributed by atoms with E-state index in [-0.39, 0.29) is 13.2 Å². The highest BCUT2D eigenvalue weighted by Crippen LogP contribution is 2.37. The van der Waals surface area contributed by atoms with Crippen molar-refractivity contribution >= 4 is 31.7 Å². The first-order valence-corrected chi connectivity index (χ1v) is 12.0. The van der Waals surface area contributed by atoms with Gasteiger partial charge in [0.25, 0.3) is 5.91 Å². The van der Waals surface area contributed by atoms with Gasteiger partial charge in [0.2, 0.25) is 0 Å². The van der Waals surface area contributed by atoms with Crippen molar-refractivity contribution in [3.63, 3.8) is 0 Å². The lowest BCUT2D eigenvalue weighted by molar-refractivity contribution is -0.274. The van der Waals surface area contributed by atoms with Gasteiger partial charge in [0.05, 0.1) is 24.0 Å². The Morgan fingerprint density at radius 2 is 1.91 bits per heavy atom. The first-order chi connectivity index (χ1) is 15.3. The van der Waals surface area contributed by atoms with E-state index in [2.05, 4.69) is 20.7 Å². The van der Waals surface area contributed by atoms with E-state index in [1.54, 1.807) is 0 Å². The van der Waals surface area contributed by atoms with Gasteiger partial charge >= 0.3 is 6.36 Å². The molecule has 1 heterocycles. The molecule has 0 aromatic heterocycles. The number of aliphatic hydroxyl groups is 1. The van der Waals surface area contributed by atoms with E-state index in [0.717, 1.165) is 12.1 Å². The Kier molecular flexibility index (Phi) is 7.15. The summed E-state index contributed by atoms with van der Waals surface area (Å²) in [6.45, 7) is -0.179. The Morgan fingerprint density at radius 1 is 1.21 bits per heavy atom. The van der Waals surface area contributed by atoms with Gasteiger partial charge in [-0.15, -0.1) is 13.2 Å². The smallest absolute Gasteiger partial charge is 0.507 e. The molecule has 2 aromatic rings. The largest absolute Gasteiger partial charge is 0.573 e. The monoisotopic (exact) mass is 553 g/mol. The zero-order valence-electron chi connectivity index (χ0n) is 16.8. The van der Waals surface area contributed by atoms with Gasteiger partial charge in [0.15, 0.2) is 9.84 Å². The van der Waals surface area contributed by atoms with Gasteiger partial charge in [-0.1, -0.05) is 15.9 Å². The Bertz CT molecular complexity index is 1170. The van der Waals surface area contributed by atoms with Gasteiger partial charge in [0.1, 0.15) is 22.1 Å². The second-order valence-corrected chi connectivity index (χ2v) is 10.2. The van der Waals surface area contributed by atoms with Gasteiger partial charge < -0.3 is 25.0 Å². The molecule has 3 rings (SSSR count). The Labute approximate surface area is 195 Å². The molecule has 0 unspecified atom stereocenters. The van der Waals surface area contributed by atoms with Crippen LogP contribution in [0.4, 0.5) is 13.2 Å². The molecule has 0 radical (unpaired) electrons. The standard InChI is InChI=1S/C20H19BrF3NO7S/c21-12-3-4-16(27)17(7-12)33(30,31)10-11-6-14(32-20(22,23)24)8-15(18(11)28)19(29)25-5-1-2-13(25)9-26/h3-4,6-8,13,26-28H,1-2,5,9-10H2/t13-/m0/s1. The second-order valence-electron chi connectivity index (χ2n) is 7.37. The fourth-order valence-electron chi connectivity index (χ4n) is 3.60. The van der Waals surface area contributed by atoms with Crippen molar-refractivity contribution in [2.24, 2.45) is 0 Å². The van der Waals surface area contributed by atoms with Crippen molar-refractivity contribution in [3.05, 3.63) is 45.9 Å². The third kappa shape index (κ3) is 5.71. The van der Waals surface area contributed by atoms with Crippen LogP contribution in [0.15, 0.2) is 39.7 Å². The van der Waals surface area contributed by atoms with E-state index in [1.807, 2.05) is 0 Å². The van der Waals surface area contributed by atoms with Gasteiger partial charge in [-0.3, -0.25) is 4.79 Å². The third-order valence-electron chi connectivity index (χ3n) is 5.08. The highest BCUT2D eigenvalue weighted by molar-refractivity contribution is 9.10. The van der Waals surface area contributed by atoms with Crippen molar-refractivity contribution in [2.75, 3.05) is 13.2 Å². The molecule has 0 saturated carbocycles. The molecular weight excluding hydrogens is 535 g/mol. The van der Waals surface area contributed by atoms with Gasteiger partial charge in [-0.05, 0) is 43.2 Å². The maximum Gasteiger partial charge on any atom is 0.573 e. The summed E-state index contributed by atoms with van der Waals surface area (Å²) in [6, 6.07) is 4.34. The number of sulfone groups is 1. The maximum atomic E-state index is 13.0. The molecule has 1 saturated heterocycles. The molecule has 1 atom stereocenters. The van der Waals surface area contributed by atoms with Crippen molar-refractivity contribution < 1.29 is 46.4 Å². The lowest BCUT2D eigenvalue weighted by Crippen LogP contribution is -2.37. The zero-order chi connectivity index (χ0) is 24.6. The number of carbonyl (C=O) groups excluding carboxylic acids is 1. The van der Waals surface area contributed by atoms with Crippen LogP contribution in [0.5, 0.6) is 17.2 Å². The van der Waals surface area contributed by atoms with Crippen molar-refractivity contribution in [1.29, 1.82) is 0 Å². The summed E-state index contributed by atoms with van der Waals surface area (Å²) in [5.74, 6) is -4.23. The van der Waals surface area contributed by atoms with Crippen molar-refractivity contribution in [3.8, 4) is 17.2 Å². The predicted octanol–water partition coefficient (Wildman–Crippen LogP) is 3.33. The minimum atomic E-state index is -5.14. The summed E-state index contributed by atoms with van der Waals surface area (Å²) in [5, 5.41) is 30.1. The minimum absolute atomic E-state index is 0.202. The molecule has 1 aliphatic heterocycles. The predicted molar refractivity (Wildman–Crippen MR) is 113 cm³/mol. The average molecular weight is 554 g/mol. The summed E-state index contributed by atoms with van der Waals surface area (Å²) in [7, 11) is -4.37. The van der Waals surface area contributed by atoms with Crippen LogP contribution in [0.2, 0.25) is 0 Å². The Hall–Kier alpha value is -2.51. The van der Waals surface area contributed by atoms with E-state index in [9.17, 15) is 41.7 Å². The number of aromatic hydroxyl groups is 2. The zero-order valence-corrected chi connectivity index (χ0v) is 19.2. The number of likely N-dealkylation sites (tertiary alicyclic amines) is 1. The number of ether oxygens (including phenoxy) is 1. The number of benzene rings is 2. The molecule has 33 heavy (non-hydrogen) atoms. The number of hydrogen-bond acceptors (Lipinski definition) is 7. The number of amides is 1. The van der Waals surface area contributed by atoms with E-state index in [1.165, 1.54) is 11.0 Å². The quantitative estimate of drug-likeness (QED) is 0.501. The molecule has 0 aliphatic carbocycles. The molecule has 180 valence electrons. The minimum Gasteiger partial charge on any atom is -0.507 e. The number of nitrogens with zero attached hydrogens (tertiary/aromatic N) is 1. The van der Waals surface area contributed by atoms with Crippen LogP contribution < -0.4 is 4.74 Å². The van der Waals surface area contributed by atoms with Crippen LogP contribution in [-0.2, 0) is 15.6 Å². The summed E-state index contributed by atoms with van der Waals surface area (Å²) >= 11 is 3.07. The van der Waals surface area contributed by atoms with Crippen LogP contribution in [0.3, 0.4) is 0 Å². The lowest BCUT2D eigenvalue weighted by atomic mass is 10.1. The van der Waals surface area contributed by atoms with E-state index < -0.39 is 67.2 Å². The summed E-state index contributed by atoms with van der Waals surface area (Å²) in [5.41, 5.74) is -1.13. The normalized spacial score (nSPS) is 16.8. The molecule has 1 aliphatic rings. The first-order valence-electron chi connectivity index (χ1n) is 9.57. The van der Waals surface area contributed by atoms with E-state index >= 15 is 0 Å². The lowest BCUT2D eigenvalue weighted by Gasteiger charge is -2.24. The highest BCUT2D eigenvalue weighted by Gasteiger charge is 2.35. The molecule has 1 fully saturated rings. The Morgan fingerprint density at radius 3 is 2.55 bits per heavy atom. The maximum absolute atomic E-state index is 13.0. The van der Waals surface area contributed by atoms with Crippen LogP contribution in [0.25, 0.3) is 0 Å². The molecular formula is C20H19BrF3NO7S. The number of rotatable bonds is 6. The molecule has 0 spiro atoms. The third-order valence-corrected chi connectivity index (χ3v) is 7.26. The van der Waals surface area contributed by atoms with Gasteiger partial charge in [-0.2, -0.15) is 0 Å². The summed E-state index contributed by atoms with van der Waals surface area (Å²) in [4.78, 5) is 13.6. The SMILES string of the molecule is O=C(c1cc(OC(F)(F)F)cc(CS(=O)(=O)c2cc(Br)ccc2O)c1O)N1CCC[C@H]1CO. The first kappa shape index (κ1) is 25.1. The number of carbonyl (C=O) groups is 1. The van der Waals surface area contributed by atoms with E-state index in [4.69, 9.17) is 0 Å². The van der Waals surface area contributed by atoms with Crippen LogP contribution in [0, 0.1) is 0 Å². The fraction of sp³-hybridized carbons (Fsp3) is 0.350. The Balaban J connectivity index is 2.08. The van der Waals surface area contributed by atoms with Gasteiger partial charge in [0, 0.05) is 16.6 Å². The van der Waals surface area contributed by atoms with Crippen LogP contribution in [-0.4, -0.2) is 60.1 Å². The highest BCUT2D eigenvalue weighted by atomic mass is 79.9. The number of hydrogen-bond donors (Lipinski definition) is 3. The molecule has 2 aromatic carbocycles. The molecule has 3 N–H and O–H groups in total. The topological polar surface area (TPSA) is 124 Å². The van der Waals surface area contributed by atoms with Crippen LogP contribution >= 0.6 is 15.9 Å². The summed E-state index contributed by atoms with van der Waals surface area (Å²) in [6.07, 6.45) is -4.14.